The van der Waals surface area contributed by atoms with Crippen LogP contribution >= 0.6 is 0 Å². The van der Waals surface area contributed by atoms with Crippen LogP contribution in [0, 0.1) is 17.0 Å². The molecule has 0 spiro atoms. The Morgan fingerprint density at radius 1 is 1.17 bits per heavy atom. The largest absolute Gasteiger partial charge is 0.493 e. The molecule has 1 aromatic carbocycles. The fourth-order valence-corrected chi connectivity index (χ4v) is 5.67. The molecule has 2 amide bonds. The molecule has 3 heterocycles. The van der Waals surface area contributed by atoms with E-state index in [0.717, 1.165) is 19.2 Å². The van der Waals surface area contributed by atoms with Crippen LogP contribution in [0.3, 0.4) is 0 Å². The van der Waals surface area contributed by atoms with E-state index in [-0.39, 0.29) is 17.4 Å². The van der Waals surface area contributed by atoms with Crippen molar-refractivity contribution in [3.63, 3.8) is 0 Å². The van der Waals surface area contributed by atoms with Crippen molar-refractivity contribution in [3.05, 3.63) is 53.4 Å². The smallest absolute Gasteiger partial charge is 0.272 e. The third-order valence-electron chi connectivity index (χ3n) is 8.08. The summed E-state index contributed by atoms with van der Waals surface area (Å²) < 4.78 is 39.9. The topological polar surface area (TPSA) is 84.0 Å². The number of nitrogens with zero attached hydrogens (tertiary/aromatic N) is 3. The molecule has 4 atom stereocenters. The lowest BCUT2D eigenvalue weighted by molar-refractivity contribution is -0.129. The number of anilines is 1. The first-order chi connectivity index (χ1) is 17.1. The van der Waals surface area contributed by atoms with Gasteiger partial charge in [0.15, 0.2) is 11.6 Å². The van der Waals surface area contributed by atoms with Crippen LogP contribution in [0.2, 0.25) is 0 Å². The van der Waals surface area contributed by atoms with Crippen molar-refractivity contribution in [2.45, 2.75) is 37.9 Å². The van der Waals surface area contributed by atoms with Gasteiger partial charge < -0.3 is 24.6 Å². The van der Waals surface area contributed by atoms with Crippen LogP contribution in [-0.2, 0) is 9.53 Å². The Morgan fingerprint density at radius 3 is 2.58 bits per heavy atom. The van der Waals surface area contributed by atoms with Gasteiger partial charge in [0.25, 0.3) is 11.8 Å². The second-order valence-corrected chi connectivity index (χ2v) is 10.3. The molecule has 192 valence electrons. The molecule has 10 heteroatoms. The number of aromatic nitrogens is 1. The molecule has 1 aliphatic carbocycles. The molecule has 1 aromatic heterocycles. The van der Waals surface area contributed by atoms with Crippen molar-refractivity contribution in [1.29, 1.82) is 0 Å². The Bertz CT molecular complexity index is 1220. The molecule has 3 fully saturated rings. The van der Waals surface area contributed by atoms with Gasteiger partial charge in [0, 0.05) is 55.0 Å². The lowest BCUT2D eigenvalue weighted by Crippen LogP contribution is -2.47. The van der Waals surface area contributed by atoms with Crippen LogP contribution in [0.25, 0.3) is 0 Å². The Morgan fingerprint density at radius 2 is 1.89 bits per heavy atom. The summed E-state index contributed by atoms with van der Waals surface area (Å²) in [6, 6.07) is 5.65. The van der Waals surface area contributed by atoms with Gasteiger partial charge in [-0.2, -0.15) is 4.39 Å². The summed E-state index contributed by atoms with van der Waals surface area (Å²) in [7, 11) is 3.28. The number of hydrogen-bond acceptors (Lipinski definition) is 6. The molecule has 3 aliphatic rings. The second kappa shape index (κ2) is 8.77. The van der Waals surface area contributed by atoms with Crippen molar-refractivity contribution in [3.8, 4) is 5.75 Å². The molecule has 0 unspecified atom stereocenters. The van der Waals surface area contributed by atoms with Gasteiger partial charge in [0.2, 0.25) is 5.82 Å². The zero-order valence-corrected chi connectivity index (χ0v) is 20.8. The van der Waals surface area contributed by atoms with Crippen LogP contribution in [0.4, 0.5) is 14.5 Å². The minimum Gasteiger partial charge on any atom is -0.493 e. The van der Waals surface area contributed by atoms with Crippen molar-refractivity contribution in [2.75, 3.05) is 45.7 Å². The molecule has 8 nitrogen and oxygen atoms in total. The van der Waals surface area contributed by atoms with Crippen molar-refractivity contribution in [1.82, 2.24) is 14.8 Å². The molecule has 0 bridgehead atoms. The maximum absolute atomic E-state index is 14.6. The van der Waals surface area contributed by atoms with Crippen molar-refractivity contribution in [2.24, 2.45) is 5.41 Å². The van der Waals surface area contributed by atoms with Gasteiger partial charge >= 0.3 is 0 Å². The highest BCUT2D eigenvalue weighted by Crippen LogP contribution is 2.72. The van der Waals surface area contributed by atoms with E-state index < -0.39 is 40.6 Å². The number of piperazine rings is 1. The number of likely N-dealkylation sites (N-methyl/N-ethyl adjacent to an activating group) is 1. The molecule has 1 saturated carbocycles. The van der Waals surface area contributed by atoms with E-state index in [1.165, 1.54) is 19.4 Å². The van der Waals surface area contributed by atoms with E-state index in [0.29, 0.717) is 30.8 Å². The van der Waals surface area contributed by atoms with E-state index >= 15 is 0 Å². The maximum Gasteiger partial charge on any atom is 0.272 e. The molecule has 36 heavy (non-hydrogen) atoms. The summed E-state index contributed by atoms with van der Waals surface area (Å²) in [5, 5.41) is 2.84. The Kier molecular flexibility index (Phi) is 5.99. The molecular weight excluding hydrogens is 470 g/mol. The Labute approximate surface area is 208 Å². The SMILES string of the molecule is COc1c([C@H]2[C@H](C(=O)Nc3ccnc(C(=O)N4CCN(C)CC4)c3)O[C@@]3(C)C[C@]23C)ccc(F)c1F. The van der Waals surface area contributed by atoms with Gasteiger partial charge in [0.1, 0.15) is 11.8 Å². The molecular formula is C26H30F2N4O4. The number of amides is 2. The predicted octanol–water partition coefficient (Wildman–Crippen LogP) is 3.05. The number of carbonyl (C=O) groups excluding carboxylic acids is 2. The number of methoxy groups -OCH3 is 1. The second-order valence-electron chi connectivity index (χ2n) is 10.3. The van der Waals surface area contributed by atoms with Crippen LogP contribution in [0.1, 0.15) is 42.2 Å². The van der Waals surface area contributed by atoms with Crippen LogP contribution in [-0.4, -0.2) is 78.6 Å². The van der Waals surface area contributed by atoms with Gasteiger partial charge in [0.05, 0.1) is 12.7 Å². The number of carbonyl (C=O) groups is 2. The number of benzene rings is 1. The zero-order valence-electron chi connectivity index (χ0n) is 20.8. The fourth-order valence-electron chi connectivity index (χ4n) is 5.67. The third kappa shape index (κ3) is 3.92. The van der Waals surface area contributed by atoms with Crippen molar-refractivity contribution < 1.29 is 27.8 Å². The summed E-state index contributed by atoms with van der Waals surface area (Å²) >= 11 is 0. The maximum atomic E-state index is 14.6. The highest BCUT2D eigenvalue weighted by Gasteiger charge is 2.75. The Balaban J connectivity index is 1.39. The van der Waals surface area contributed by atoms with Gasteiger partial charge in [-0.3, -0.25) is 14.6 Å². The molecule has 2 aliphatic heterocycles. The van der Waals surface area contributed by atoms with Crippen LogP contribution in [0.5, 0.6) is 5.75 Å². The minimum atomic E-state index is -1.09. The quantitative estimate of drug-likeness (QED) is 0.680. The standard InChI is InChI=1S/C26H30F2N4O4/c1-25-14-26(25,2)36-22(19(25)16-5-6-17(27)20(28)21(16)35-4)23(33)30-15-7-8-29-18(13-15)24(34)32-11-9-31(3)10-12-32/h5-8,13,19,22H,9-12,14H2,1-4H3,(H,29,30,33)/t19-,22+,25+,26-/m0/s1. The summed E-state index contributed by atoms with van der Waals surface area (Å²) in [5.41, 5.74) is 0.0122. The van der Waals surface area contributed by atoms with Gasteiger partial charge in [-0.1, -0.05) is 13.0 Å². The number of fused-ring (bicyclic) bond motifs is 1. The van der Waals surface area contributed by atoms with Gasteiger partial charge in [-0.25, -0.2) is 4.39 Å². The zero-order chi connectivity index (χ0) is 25.8. The average molecular weight is 501 g/mol. The lowest BCUT2D eigenvalue weighted by atomic mass is 9.79. The number of halogens is 2. The normalized spacial score (nSPS) is 29.6. The number of rotatable bonds is 5. The molecule has 5 rings (SSSR count). The van der Waals surface area contributed by atoms with Crippen LogP contribution in [0.15, 0.2) is 30.5 Å². The molecule has 2 aromatic rings. The third-order valence-corrected chi connectivity index (χ3v) is 8.08. The first kappa shape index (κ1) is 24.6. The predicted molar refractivity (Wildman–Crippen MR) is 128 cm³/mol. The van der Waals surface area contributed by atoms with E-state index in [1.807, 2.05) is 20.9 Å². The minimum absolute atomic E-state index is 0.193. The van der Waals surface area contributed by atoms with Crippen LogP contribution < -0.4 is 10.1 Å². The summed E-state index contributed by atoms with van der Waals surface area (Å²) in [6.45, 7) is 6.68. The number of nitrogens with one attached hydrogen (secondary N) is 1. The average Bonchev–Trinajstić information content (AvgIpc) is 3.32. The molecule has 2 saturated heterocycles. The highest BCUT2D eigenvalue weighted by atomic mass is 19.2. The lowest BCUT2D eigenvalue weighted by Gasteiger charge is -2.32. The van der Waals surface area contributed by atoms with E-state index in [2.05, 4.69) is 15.2 Å². The summed E-state index contributed by atoms with van der Waals surface area (Å²) in [6.07, 6.45) is 1.19. The molecule has 1 N–H and O–H groups in total. The van der Waals surface area contributed by atoms with E-state index in [9.17, 15) is 18.4 Å². The Hall–Kier alpha value is -3.11. The van der Waals surface area contributed by atoms with E-state index in [1.54, 1.807) is 17.0 Å². The van der Waals surface area contributed by atoms with E-state index in [4.69, 9.17) is 9.47 Å². The fraction of sp³-hybridized carbons (Fsp3) is 0.500. The van der Waals surface area contributed by atoms with Crippen molar-refractivity contribution >= 4 is 17.5 Å². The summed E-state index contributed by atoms with van der Waals surface area (Å²) in [5.74, 6) is -3.52. The monoisotopic (exact) mass is 500 g/mol. The van der Waals surface area contributed by atoms with Gasteiger partial charge in [-0.05, 0) is 38.6 Å². The number of pyridine rings is 1. The molecule has 0 radical (unpaired) electrons. The first-order valence-corrected chi connectivity index (χ1v) is 12.0. The first-order valence-electron chi connectivity index (χ1n) is 12.0. The van der Waals surface area contributed by atoms with Gasteiger partial charge in [-0.15, -0.1) is 0 Å². The summed E-state index contributed by atoms with van der Waals surface area (Å²) in [4.78, 5) is 34.5. The number of ether oxygens (including phenoxy) is 2. The number of hydrogen-bond donors (Lipinski definition) is 1. The highest BCUT2D eigenvalue weighted by molar-refractivity contribution is 5.98.